The van der Waals surface area contributed by atoms with Crippen molar-refractivity contribution in [2.45, 2.75) is 108 Å². The first-order chi connectivity index (χ1) is 20.7. The molecule has 2 fully saturated rings. The van der Waals surface area contributed by atoms with E-state index in [1.807, 2.05) is 36.4 Å². The van der Waals surface area contributed by atoms with Crippen molar-refractivity contribution in [1.82, 2.24) is 0 Å². The Hall–Kier alpha value is -2.55. The predicted octanol–water partition coefficient (Wildman–Crippen LogP) is 7.56. The van der Waals surface area contributed by atoms with Crippen LogP contribution >= 0.6 is 0 Å². The van der Waals surface area contributed by atoms with Crippen molar-refractivity contribution in [3.63, 3.8) is 0 Å². The van der Waals surface area contributed by atoms with Crippen molar-refractivity contribution in [2.75, 3.05) is 19.8 Å². The molecule has 0 spiro atoms. The molecule has 0 aromatic heterocycles. The molecule has 4 rings (SSSR count). The molecule has 0 saturated carbocycles. The Morgan fingerprint density at radius 3 is 2.14 bits per heavy atom. The highest BCUT2D eigenvalue weighted by atomic mass is 16.8. The number of rotatable bonds is 18. The number of hydrogen-bond donors (Lipinski definition) is 0. The van der Waals surface area contributed by atoms with E-state index in [1.54, 1.807) is 30.3 Å². The fourth-order valence-corrected chi connectivity index (χ4v) is 5.51. The van der Waals surface area contributed by atoms with Gasteiger partial charge >= 0.3 is 5.97 Å². The lowest BCUT2D eigenvalue weighted by molar-refractivity contribution is -0.364. The zero-order valence-electron chi connectivity index (χ0n) is 25.1. The maximum atomic E-state index is 13.2. The fourth-order valence-electron chi connectivity index (χ4n) is 5.51. The summed E-state index contributed by atoms with van der Waals surface area (Å²) in [6, 6.07) is 18.7. The predicted molar refractivity (Wildman–Crippen MR) is 162 cm³/mol. The van der Waals surface area contributed by atoms with Crippen LogP contribution in [0.5, 0.6) is 0 Å². The standard InChI is InChI=1S/C35H48O7/c1-3-5-6-7-8-9-10-11-12-19-25-38-35-32(41-33(36)27-20-15-13-16-21-27)31(37-24-4-2)30-29(40-35)26-39-34(42-30)28-22-17-14-18-23-28/h4,13-18,20-23,29-32,34-35H,2-3,5-12,19,24-26H2,1H3/t29-,30+,31+,32-,34?,35-/m1/s1. The minimum Gasteiger partial charge on any atom is -0.450 e. The van der Waals surface area contributed by atoms with E-state index in [2.05, 4.69) is 13.5 Å². The number of hydrogen-bond acceptors (Lipinski definition) is 7. The highest BCUT2D eigenvalue weighted by Gasteiger charge is 2.53. The van der Waals surface area contributed by atoms with E-state index in [0.29, 0.717) is 18.8 Å². The Balaban J connectivity index is 1.39. The van der Waals surface area contributed by atoms with Crippen LogP contribution in [0.2, 0.25) is 0 Å². The van der Waals surface area contributed by atoms with Gasteiger partial charge in [-0.2, -0.15) is 0 Å². The van der Waals surface area contributed by atoms with Gasteiger partial charge in [0.25, 0.3) is 0 Å². The largest absolute Gasteiger partial charge is 0.450 e. The first kappa shape index (κ1) is 32.4. The Morgan fingerprint density at radius 1 is 0.833 bits per heavy atom. The van der Waals surface area contributed by atoms with Crippen LogP contribution in [0.4, 0.5) is 0 Å². The Bertz CT molecular complexity index is 1030. The molecule has 2 heterocycles. The number of fused-ring (bicyclic) bond motifs is 1. The van der Waals surface area contributed by atoms with E-state index in [1.165, 1.54) is 51.4 Å². The van der Waals surface area contributed by atoms with Crippen molar-refractivity contribution < 1.29 is 33.2 Å². The topological polar surface area (TPSA) is 72.5 Å². The molecule has 2 saturated heterocycles. The summed E-state index contributed by atoms with van der Waals surface area (Å²) < 4.78 is 37.4. The van der Waals surface area contributed by atoms with Gasteiger partial charge in [0.05, 0.1) is 18.8 Å². The molecule has 0 N–H and O–H groups in total. The number of carbonyl (C=O) groups excluding carboxylic acids is 1. The molecule has 0 aliphatic carbocycles. The van der Waals surface area contributed by atoms with Crippen molar-refractivity contribution >= 4 is 5.97 Å². The van der Waals surface area contributed by atoms with Crippen molar-refractivity contribution in [1.29, 1.82) is 0 Å². The molecule has 230 valence electrons. The van der Waals surface area contributed by atoms with Crippen LogP contribution in [0.15, 0.2) is 73.3 Å². The van der Waals surface area contributed by atoms with Gasteiger partial charge in [0.1, 0.15) is 18.3 Å². The molecule has 6 atom stereocenters. The lowest BCUT2D eigenvalue weighted by Gasteiger charge is -2.48. The molecule has 2 aliphatic heterocycles. The third kappa shape index (κ3) is 9.75. The minimum absolute atomic E-state index is 0.263. The van der Waals surface area contributed by atoms with Gasteiger partial charge in [-0.25, -0.2) is 4.79 Å². The average Bonchev–Trinajstić information content (AvgIpc) is 3.03. The van der Waals surface area contributed by atoms with Gasteiger partial charge in [0.15, 0.2) is 18.7 Å². The molecule has 2 aromatic carbocycles. The summed E-state index contributed by atoms with van der Waals surface area (Å²) in [7, 11) is 0. The second-order valence-electron chi connectivity index (χ2n) is 11.1. The smallest absolute Gasteiger partial charge is 0.338 e. The average molecular weight is 581 g/mol. The van der Waals surface area contributed by atoms with Crippen molar-refractivity contribution in [2.24, 2.45) is 0 Å². The summed E-state index contributed by atoms with van der Waals surface area (Å²) in [5.74, 6) is -0.464. The van der Waals surface area contributed by atoms with Gasteiger partial charge in [-0.1, -0.05) is 119 Å². The first-order valence-corrected chi connectivity index (χ1v) is 15.8. The number of carbonyl (C=O) groups is 1. The van der Waals surface area contributed by atoms with Crippen LogP contribution in [0.3, 0.4) is 0 Å². The summed E-state index contributed by atoms with van der Waals surface area (Å²) in [4.78, 5) is 13.2. The van der Waals surface area contributed by atoms with Crippen LogP contribution in [-0.4, -0.2) is 56.5 Å². The summed E-state index contributed by atoms with van der Waals surface area (Å²) in [6.07, 6.45) is 10.2. The minimum atomic E-state index is -0.837. The summed E-state index contributed by atoms with van der Waals surface area (Å²) in [6.45, 7) is 7.13. The monoisotopic (exact) mass is 580 g/mol. The Labute approximate surface area is 251 Å². The van der Waals surface area contributed by atoms with Gasteiger partial charge in [-0.3, -0.25) is 0 Å². The SMILES string of the molecule is C=CCO[C@H]1[C@H]2OC(c3ccccc3)OC[C@H]2O[C@@H](OCCCCCCCCCCCC)[C@@H]1OC(=O)c1ccccc1. The van der Waals surface area contributed by atoms with Crippen molar-refractivity contribution in [3.05, 3.63) is 84.4 Å². The lowest BCUT2D eigenvalue weighted by Crippen LogP contribution is -2.64. The fraction of sp³-hybridized carbons (Fsp3) is 0.571. The van der Waals surface area contributed by atoms with E-state index in [0.717, 1.165) is 18.4 Å². The Morgan fingerprint density at radius 2 is 1.48 bits per heavy atom. The van der Waals surface area contributed by atoms with Crippen LogP contribution in [0, 0.1) is 0 Å². The van der Waals surface area contributed by atoms with Gasteiger partial charge < -0.3 is 28.4 Å². The first-order valence-electron chi connectivity index (χ1n) is 15.8. The molecule has 7 nitrogen and oxygen atoms in total. The summed E-state index contributed by atoms with van der Waals surface area (Å²) in [5, 5.41) is 0. The van der Waals surface area contributed by atoms with Crippen LogP contribution in [0.25, 0.3) is 0 Å². The number of benzene rings is 2. The quantitative estimate of drug-likeness (QED) is 0.102. The lowest BCUT2D eigenvalue weighted by atomic mass is 9.97. The van der Waals surface area contributed by atoms with Gasteiger partial charge in [0.2, 0.25) is 0 Å². The molecule has 7 heteroatoms. The maximum Gasteiger partial charge on any atom is 0.338 e. The van der Waals surface area contributed by atoms with Gasteiger partial charge in [-0.05, 0) is 18.6 Å². The summed E-state index contributed by atoms with van der Waals surface area (Å²) >= 11 is 0. The highest BCUT2D eigenvalue weighted by Crippen LogP contribution is 2.37. The molecule has 2 aliphatic rings. The molecule has 42 heavy (non-hydrogen) atoms. The van der Waals surface area contributed by atoms with Crippen LogP contribution < -0.4 is 0 Å². The molecule has 1 unspecified atom stereocenters. The molecular formula is C35H48O7. The van der Waals surface area contributed by atoms with E-state index in [4.69, 9.17) is 28.4 Å². The van der Waals surface area contributed by atoms with E-state index >= 15 is 0 Å². The second kappa shape index (κ2) is 18.2. The molecule has 0 amide bonds. The third-order valence-corrected chi connectivity index (χ3v) is 7.79. The number of esters is 1. The highest BCUT2D eigenvalue weighted by molar-refractivity contribution is 5.89. The van der Waals surface area contributed by atoms with E-state index in [9.17, 15) is 4.79 Å². The maximum absolute atomic E-state index is 13.2. The zero-order chi connectivity index (χ0) is 29.4. The van der Waals surface area contributed by atoms with Gasteiger partial charge in [-0.15, -0.1) is 6.58 Å². The molecule has 0 radical (unpaired) electrons. The van der Waals surface area contributed by atoms with Gasteiger partial charge in [0, 0.05) is 12.2 Å². The zero-order valence-corrected chi connectivity index (χ0v) is 25.1. The third-order valence-electron chi connectivity index (χ3n) is 7.79. The molecule has 2 aromatic rings. The van der Waals surface area contributed by atoms with E-state index < -0.39 is 43.0 Å². The van der Waals surface area contributed by atoms with Crippen molar-refractivity contribution in [3.8, 4) is 0 Å². The van der Waals surface area contributed by atoms with E-state index in [-0.39, 0.29) is 6.61 Å². The number of ether oxygens (including phenoxy) is 6. The number of unbranched alkanes of at least 4 members (excludes halogenated alkanes) is 9. The van der Waals surface area contributed by atoms with Crippen LogP contribution in [0.1, 0.15) is 93.3 Å². The normalized spacial score (nSPS) is 25.5. The van der Waals surface area contributed by atoms with Crippen LogP contribution in [-0.2, 0) is 28.4 Å². The second-order valence-corrected chi connectivity index (χ2v) is 11.1. The Kier molecular flexibility index (Phi) is 14.0. The molecular weight excluding hydrogens is 532 g/mol. The molecule has 0 bridgehead atoms. The summed E-state index contributed by atoms with van der Waals surface area (Å²) in [5.41, 5.74) is 1.35.